The Morgan fingerprint density at radius 2 is 2.04 bits per heavy atom. The van der Waals surface area contributed by atoms with Crippen LogP contribution in [0, 0.1) is 5.92 Å². The maximum absolute atomic E-state index is 12.4. The van der Waals surface area contributed by atoms with E-state index in [9.17, 15) is 8.42 Å². The third-order valence-electron chi connectivity index (χ3n) is 5.04. The lowest BCUT2D eigenvalue weighted by molar-refractivity contribution is 0.254. The molecule has 1 aliphatic rings. The Kier molecular flexibility index (Phi) is 5.98. The fourth-order valence-electron chi connectivity index (χ4n) is 3.59. The summed E-state index contributed by atoms with van der Waals surface area (Å²) in [5.41, 5.74) is 3.06. The lowest BCUT2D eigenvalue weighted by Crippen LogP contribution is -2.45. The van der Waals surface area contributed by atoms with E-state index in [0.717, 1.165) is 36.2 Å². The van der Waals surface area contributed by atoms with Gasteiger partial charge in [-0.1, -0.05) is 6.07 Å². The Hall–Kier alpha value is -1.77. The third kappa shape index (κ3) is 4.39. The zero-order valence-electron chi connectivity index (χ0n) is 16.5. The molecule has 1 unspecified atom stereocenters. The average Bonchev–Trinajstić information content (AvgIpc) is 3.12. The minimum Gasteiger partial charge on any atom is -0.261 e. The molecule has 1 fully saturated rings. The smallest absolute Gasteiger partial charge is 0.261 e. The third-order valence-corrected chi connectivity index (χ3v) is 6.95. The van der Waals surface area contributed by atoms with Crippen molar-refractivity contribution in [1.29, 1.82) is 0 Å². The van der Waals surface area contributed by atoms with Crippen molar-refractivity contribution in [2.45, 2.75) is 39.2 Å². The summed E-state index contributed by atoms with van der Waals surface area (Å²) >= 11 is 0. The standard InChI is InChI=1S/C19H29N5O2S/c1-15(2)24-19(9-10-21-24)18-8-7-16(13-20-18)12-17-6-5-11-23(14-17)27(25,26)22(3)4/h7-10,13,15,17H,5-6,11-12,14H2,1-4H3. The minimum atomic E-state index is -3.33. The van der Waals surface area contributed by atoms with Gasteiger partial charge in [-0.2, -0.15) is 22.1 Å². The van der Waals surface area contributed by atoms with Crippen LogP contribution in [0.15, 0.2) is 30.6 Å². The first kappa shape index (κ1) is 20.0. The number of pyridine rings is 1. The molecule has 0 aromatic carbocycles. The van der Waals surface area contributed by atoms with E-state index in [2.05, 4.69) is 30.0 Å². The van der Waals surface area contributed by atoms with Crippen molar-refractivity contribution in [1.82, 2.24) is 23.4 Å². The number of rotatable bonds is 6. The number of piperidine rings is 1. The molecule has 0 aliphatic carbocycles. The van der Waals surface area contributed by atoms with Crippen LogP contribution in [0.1, 0.15) is 38.3 Å². The number of aromatic nitrogens is 3. The van der Waals surface area contributed by atoms with E-state index in [0.29, 0.717) is 19.0 Å². The first-order valence-corrected chi connectivity index (χ1v) is 10.8. The molecule has 2 aromatic heterocycles. The first-order valence-electron chi connectivity index (χ1n) is 9.45. The Bertz CT molecular complexity index is 858. The van der Waals surface area contributed by atoms with E-state index in [1.54, 1.807) is 24.6 Å². The van der Waals surface area contributed by atoms with Crippen LogP contribution >= 0.6 is 0 Å². The largest absolute Gasteiger partial charge is 0.281 e. The molecule has 1 saturated heterocycles. The molecule has 3 heterocycles. The summed E-state index contributed by atoms with van der Waals surface area (Å²) < 4.78 is 29.6. The number of hydrogen-bond acceptors (Lipinski definition) is 4. The SMILES string of the molecule is CC(C)n1nccc1-c1ccc(CC2CCCN(S(=O)(=O)N(C)C)C2)cn1. The second-order valence-electron chi connectivity index (χ2n) is 7.67. The lowest BCUT2D eigenvalue weighted by Gasteiger charge is -2.33. The predicted octanol–water partition coefficient (Wildman–Crippen LogP) is 2.59. The average molecular weight is 392 g/mol. The fourth-order valence-corrected chi connectivity index (χ4v) is 4.81. The molecule has 148 valence electrons. The summed E-state index contributed by atoms with van der Waals surface area (Å²) in [5.74, 6) is 0.322. The van der Waals surface area contributed by atoms with Gasteiger partial charge in [-0.15, -0.1) is 0 Å². The molecule has 3 rings (SSSR count). The maximum atomic E-state index is 12.4. The van der Waals surface area contributed by atoms with Crippen molar-refractivity contribution in [3.63, 3.8) is 0 Å². The topological polar surface area (TPSA) is 71.3 Å². The molecule has 0 saturated carbocycles. The van der Waals surface area contributed by atoms with E-state index in [4.69, 9.17) is 0 Å². The van der Waals surface area contributed by atoms with Gasteiger partial charge in [-0.3, -0.25) is 9.67 Å². The zero-order valence-corrected chi connectivity index (χ0v) is 17.4. The van der Waals surface area contributed by atoms with E-state index < -0.39 is 10.2 Å². The quantitative estimate of drug-likeness (QED) is 0.759. The molecule has 0 radical (unpaired) electrons. The van der Waals surface area contributed by atoms with Gasteiger partial charge in [0.05, 0.1) is 11.4 Å². The molecule has 8 heteroatoms. The molecule has 27 heavy (non-hydrogen) atoms. The molecular formula is C19H29N5O2S. The summed E-state index contributed by atoms with van der Waals surface area (Å²) in [6, 6.07) is 6.39. The van der Waals surface area contributed by atoms with Crippen LogP contribution in [0.25, 0.3) is 11.4 Å². The molecule has 1 atom stereocenters. The Morgan fingerprint density at radius 3 is 2.67 bits per heavy atom. The monoisotopic (exact) mass is 391 g/mol. The summed E-state index contributed by atoms with van der Waals surface area (Å²) in [5, 5.41) is 4.36. The van der Waals surface area contributed by atoms with E-state index >= 15 is 0 Å². The van der Waals surface area contributed by atoms with Crippen LogP contribution in [-0.4, -0.2) is 59.0 Å². The summed E-state index contributed by atoms with van der Waals surface area (Å²) in [4.78, 5) is 4.62. The van der Waals surface area contributed by atoms with E-state index in [-0.39, 0.29) is 6.04 Å². The van der Waals surface area contributed by atoms with Crippen LogP contribution in [0.5, 0.6) is 0 Å². The van der Waals surface area contributed by atoms with Gasteiger partial charge < -0.3 is 0 Å². The first-order chi connectivity index (χ1) is 12.8. The summed E-state index contributed by atoms with van der Waals surface area (Å²) in [6.07, 6.45) is 6.49. The highest BCUT2D eigenvalue weighted by atomic mass is 32.2. The van der Waals surface area contributed by atoms with Gasteiger partial charge in [0.2, 0.25) is 0 Å². The molecular weight excluding hydrogens is 362 g/mol. The van der Waals surface area contributed by atoms with E-state index in [1.165, 1.54) is 4.31 Å². The number of hydrogen-bond donors (Lipinski definition) is 0. The predicted molar refractivity (Wildman–Crippen MR) is 106 cm³/mol. The van der Waals surface area contributed by atoms with Crippen LogP contribution in [0.2, 0.25) is 0 Å². The molecule has 0 amide bonds. The van der Waals surface area contributed by atoms with Gasteiger partial charge in [-0.05, 0) is 56.7 Å². The maximum Gasteiger partial charge on any atom is 0.281 e. The lowest BCUT2D eigenvalue weighted by atomic mass is 9.93. The van der Waals surface area contributed by atoms with Crippen molar-refractivity contribution in [3.8, 4) is 11.4 Å². The zero-order chi connectivity index (χ0) is 19.6. The second kappa shape index (κ2) is 8.08. The van der Waals surface area contributed by atoms with Crippen LogP contribution < -0.4 is 0 Å². The van der Waals surface area contributed by atoms with Crippen molar-refractivity contribution in [3.05, 3.63) is 36.2 Å². The number of nitrogens with zero attached hydrogens (tertiary/aromatic N) is 5. The Labute approximate surface area is 162 Å². The van der Waals surface area contributed by atoms with Crippen LogP contribution in [-0.2, 0) is 16.6 Å². The Balaban J connectivity index is 1.69. The summed E-state index contributed by atoms with van der Waals surface area (Å²) in [6.45, 7) is 5.37. The van der Waals surface area contributed by atoms with Gasteiger partial charge >= 0.3 is 0 Å². The minimum absolute atomic E-state index is 0.281. The van der Waals surface area contributed by atoms with Gasteiger partial charge in [0.15, 0.2) is 0 Å². The van der Waals surface area contributed by atoms with Crippen LogP contribution in [0.3, 0.4) is 0 Å². The molecule has 7 nitrogen and oxygen atoms in total. The highest BCUT2D eigenvalue weighted by molar-refractivity contribution is 7.86. The molecule has 1 aliphatic heterocycles. The molecule has 2 aromatic rings. The van der Waals surface area contributed by atoms with Gasteiger partial charge in [0.1, 0.15) is 0 Å². The summed E-state index contributed by atoms with van der Waals surface area (Å²) in [7, 11) is -0.160. The normalized spacial score (nSPS) is 19.1. The molecule has 0 bridgehead atoms. The second-order valence-corrected chi connectivity index (χ2v) is 9.81. The fraction of sp³-hybridized carbons (Fsp3) is 0.579. The highest BCUT2D eigenvalue weighted by Crippen LogP contribution is 2.25. The Morgan fingerprint density at radius 1 is 1.26 bits per heavy atom. The molecule has 0 spiro atoms. The van der Waals surface area contributed by atoms with Crippen molar-refractivity contribution >= 4 is 10.2 Å². The van der Waals surface area contributed by atoms with E-state index in [1.807, 2.05) is 23.0 Å². The van der Waals surface area contributed by atoms with Crippen molar-refractivity contribution in [2.24, 2.45) is 5.92 Å². The van der Waals surface area contributed by atoms with Gasteiger partial charge in [0.25, 0.3) is 10.2 Å². The van der Waals surface area contributed by atoms with Gasteiger partial charge in [-0.25, -0.2) is 0 Å². The van der Waals surface area contributed by atoms with Crippen LogP contribution in [0.4, 0.5) is 0 Å². The van der Waals surface area contributed by atoms with Crippen molar-refractivity contribution in [2.75, 3.05) is 27.2 Å². The van der Waals surface area contributed by atoms with Gasteiger partial charge in [0, 0.05) is 45.6 Å². The molecule has 0 N–H and O–H groups in total. The van der Waals surface area contributed by atoms with Crippen molar-refractivity contribution < 1.29 is 8.42 Å². The highest BCUT2D eigenvalue weighted by Gasteiger charge is 2.30.